The molecule has 0 saturated carbocycles. The number of ketones is 3. The second-order valence-corrected chi connectivity index (χ2v) is 11.9. The summed E-state index contributed by atoms with van der Waals surface area (Å²) in [5.41, 5.74) is 2.39. The first-order chi connectivity index (χ1) is 22.4. The molecular formula is C34H34ClNO12. The Kier molecular flexibility index (Phi) is 9.66. The highest BCUT2D eigenvalue weighted by atomic mass is 35.5. The van der Waals surface area contributed by atoms with E-state index in [1.54, 1.807) is 25.1 Å². The molecule has 3 aliphatic rings. The Balaban J connectivity index is 0.00000451. The molecule has 0 bridgehead atoms. The maximum atomic E-state index is 13.8. The van der Waals surface area contributed by atoms with E-state index in [1.807, 2.05) is 0 Å². The lowest BCUT2D eigenvalue weighted by atomic mass is 9.72. The van der Waals surface area contributed by atoms with E-state index < -0.39 is 102 Å². The summed E-state index contributed by atoms with van der Waals surface area (Å²) in [6, 6.07) is 11.5. The number of phenolic OH excluding ortho intramolecular Hbond substituents is 2. The number of esters is 1. The molecule has 13 nitrogen and oxygen atoms in total. The van der Waals surface area contributed by atoms with Crippen LogP contribution in [0.15, 0.2) is 48.5 Å². The van der Waals surface area contributed by atoms with Gasteiger partial charge in [0.2, 0.25) is 11.6 Å². The van der Waals surface area contributed by atoms with Gasteiger partial charge >= 0.3 is 5.97 Å². The molecule has 0 spiro atoms. The minimum Gasteiger partial charge on any atom is -0.507 e. The van der Waals surface area contributed by atoms with Crippen LogP contribution in [0.2, 0.25) is 0 Å². The average molecular weight is 684 g/mol. The van der Waals surface area contributed by atoms with Crippen LogP contribution in [0.3, 0.4) is 0 Å². The van der Waals surface area contributed by atoms with Crippen molar-refractivity contribution in [2.75, 3.05) is 13.7 Å². The molecule has 1 heterocycles. The summed E-state index contributed by atoms with van der Waals surface area (Å²) in [5.74, 6) is -4.67. The quantitative estimate of drug-likeness (QED) is 0.140. The largest absolute Gasteiger partial charge is 0.507 e. The predicted octanol–water partition coefficient (Wildman–Crippen LogP) is 2.29. The Morgan fingerprint density at radius 2 is 1.69 bits per heavy atom. The Hall–Kier alpha value is -4.37. The van der Waals surface area contributed by atoms with E-state index in [-0.39, 0.29) is 52.4 Å². The number of ether oxygens (including phenoxy) is 4. The maximum absolute atomic E-state index is 13.8. The maximum Gasteiger partial charge on any atom is 0.338 e. The summed E-state index contributed by atoms with van der Waals surface area (Å²) in [6.07, 6.45) is -5.45. The van der Waals surface area contributed by atoms with Crippen LogP contribution < -0.4 is 10.5 Å². The standard InChI is InChI=1S/C34H33NO12.ClH/c1-15-28(37)19(35)11-23(46-15)47-21-13-34(43,22(36)14-45-33(42)16-7-4-3-5-8-16)12-18-25(21)32(41)27-26(30(18)39)29(38)17-9-6-10-20(44-2)24(17)31(27)40;/h3-10,15,19,21,23,28,37,39,41,43H,11-14,35H2,1-2H3;1H/t15?,19?,21-,23?,28?,34-;/m0./s1. The monoisotopic (exact) mass is 683 g/mol. The highest BCUT2D eigenvalue weighted by Gasteiger charge is 2.50. The lowest BCUT2D eigenvalue weighted by Gasteiger charge is -2.42. The molecule has 1 aliphatic heterocycles. The number of nitrogens with two attached hydrogens (primary N) is 1. The molecule has 48 heavy (non-hydrogen) atoms. The number of hydrogen-bond acceptors (Lipinski definition) is 13. The Bertz CT molecular complexity index is 1780. The Morgan fingerprint density at radius 1 is 1.00 bits per heavy atom. The van der Waals surface area contributed by atoms with Gasteiger partial charge in [0.15, 0.2) is 18.7 Å². The first-order valence-electron chi connectivity index (χ1n) is 15.0. The van der Waals surface area contributed by atoms with E-state index in [0.29, 0.717) is 0 Å². The van der Waals surface area contributed by atoms with Crippen LogP contribution in [0.25, 0.3) is 0 Å². The van der Waals surface area contributed by atoms with Crippen LogP contribution >= 0.6 is 12.4 Å². The van der Waals surface area contributed by atoms with Gasteiger partial charge in [0, 0.05) is 42.0 Å². The average Bonchev–Trinajstić information content (AvgIpc) is 3.06. The Labute approximate surface area is 280 Å². The van der Waals surface area contributed by atoms with Crippen molar-refractivity contribution in [3.63, 3.8) is 0 Å². The number of carbonyl (C=O) groups excluding carboxylic acids is 4. The molecule has 0 radical (unpaired) electrons. The number of aliphatic hydroxyl groups is 2. The number of Topliss-reactive ketones (excluding diaryl/α,β-unsaturated/α-hetero) is 1. The fraction of sp³-hybridized carbons (Fsp3) is 0.353. The van der Waals surface area contributed by atoms with Gasteiger partial charge in [-0.3, -0.25) is 14.4 Å². The van der Waals surface area contributed by atoms with Crippen LogP contribution in [-0.4, -0.2) is 87.6 Å². The van der Waals surface area contributed by atoms with Gasteiger partial charge in [0.1, 0.15) is 22.8 Å². The zero-order valence-corrected chi connectivity index (χ0v) is 26.7. The van der Waals surface area contributed by atoms with Gasteiger partial charge in [-0.2, -0.15) is 0 Å². The third-order valence-corrected chi connectivity index (χ3v) is 9.01. The number of methoxy groups -OCH3 is 1. The SMILES string of the molecule is COc1cccc2c1C(=O)c1c(O)c3c(c(O)c1C2=O)C[C@@](O)(C(=O)COC(=O)c1ccccc1)C[C@@H]3OC1CC(N)C(O)C(C)O1.Cl. The summed E-state index contributed by atoms with van der Waals surface area (Å²) >= 11 is 0. The van der Waals surface area contributed by atoms with Gasteiger partial charge in [0.25, 0.3) is 0 Å². The second-order valence-electron chi connectivity index (χ2n) is 11.9. The smallest absolute Gasteiger partial charge is 0.338 e. The minimum absolute atomic E-state index is 0. The van der Waals surface area contributed by atoms with Gasteiger partial charge < -0.3 is 45.1 Å². The first-order valence-corrected chi connectivity index (χ1v) is 15.0. The minimum atomic E-state index is -2.34. The number of hydrogen-bond donors (Lipinski definition) is 5. The van der Waals surface area contributed by atoms with Crippen molar-refractivity contribution in [3.8, 4) is 17.2 Å². The van der Waals surface area contributed by atoms with Crippen LogP contribution in [0.1, 0.15) is 79.2 Å². The normalized spacial score (nSPS) is 26.0. The number of halogens is 1. The number of aromatic hydroxyl groups is 2. The van der Waals surface area contributed by atoms with E-state index in [2.05, 4.69) is 0 Å². The molecule has 3 aromatic carbocycles. The van der Waals surface area contributed by atoms with Crippen molar-refractivity contribution < 1.29 is 58.6 Å². The number of phenols is 2. The number of fused-ring (bicyclic) bond motifs is 3. The van der Waals surface area contributed by atoms with Crippen molar-refractivity contribution in [3.05, 3.63) is 87.5 Å². The fourth-order valence-corrected chi connectivity index (χ4v) is 6.53. The van der Waals surface area contributed by atoms with Crippen molar-refractivity contribution in [2.45, 2.75) is 62.4 Å². The van der Waals surface area contributed by atoms with Crippen LogP contribution in [0.4, 0.5) is 0 Å². The molecular weight excluding hydrogens is 650 g/mol. The van der Waals surface area contributed by atoms with Gasteiger partial charge in [-0.15, -0.1) is 12.4 Å². The highest BCUT2D eigenvalue weighted by molar-refractivity contribution is 6.31. The highest BCUT2D eigenvalue weighted by Crippen LogP contribution is 2.52. The van der Waals surface area contributed by atoms with Gasteiger partial charge in [-0.05, 0) is 25.1 Å². The molecule has 14 heteroatoms. The summed E-state index contributed by atoms with van der Waals surface area (Å²) in [4.78, 5) is 53.7. The number of aliphatic hydroxyl groups excluding tert-OH is 1. The molecule has 1 fully saturated rings. The number of carbonyl (C=O) groups is 4. The van der Waals surface area contributed by atoms with E-state index in [1.165, 1.54) is 37.4 Å². The van der Waals surface area contributed by atoms with E-state index >= 15 is 0 Å². The van der Waals surface area contributed by atoms with Crippen molar-refractivity contribution in [1.82, 2.24) is 0 Å². The molecule has 254 valence electrons. The molecule has 6 rings (SSSR count). The Morgan fingerprint density at radius 3 is 2.35 bits per heavy atom. The summed E-state index contributed by atoms with van der Waals surface area (Å²) in [7, 11) is 1.32. The lowest BCUT2D eigenvalue weighted by molar-refractivity contribution is -0.247. The third-order valence-electron chi connectivity index (χ3n) is 9.01. The fourth-order valence-electron chi connectivity index (χ4n) is 6.53. The summed E-state index contributed by atoms with van der Waals surface area (Å²) in [5, 5.41) is 45.4. The van der Waals surface area contributed by atoms with Crippen molar-refractivity contribution in [1.29, 1.82) is 0 Å². The predicted molar refractivity (Wildman–Crippen MR) is 169 cm³/mol. The zero-order chi connectivity index (χ0) is 33.8. The van der Waals surface area contributed by atoms with Crippen LogP contribution in [-0.2, 0) is 25.4 Å². The van der Waals surface area contributed by atoms with Crippen molar-refractivity contribution in [2.24, 2.45) is 5.73 Å². The molecule has 0 amide bonds. The lowest BCUT2D eigenvalue weighted by Crippen LogP contribution is -2.53. The van der Waals surface area contributed by atoms with Gasteiger partial charge in [-0.1, -0.05) is 30.3 Å². The summed E-state index contributed by atoms with van der Waals surface area (Å²) in [6.45, 7) is 0.729. The summed E-state index contributed by atoms with van der Waals surface area (Å²) < 4.78 is 22.4. The first kappa shape index (κ1) is 35.0. The second kappa shape index (κ2) is 13.3. The van der Waals surface area contributed by atoms with Crippen LogP contribution in [0.5, 0.6) is 17.2 Å². The zero-order valence-electron chi connectivity index (χ0n) is 25.9. The molecule has 0 aromatic heterocycles. The number of benzene rings is 3. The topological polar surface area (TPSA) is 212 Å². The van der Waals surface area contributed by atoms with Crippen LogP contribution in [0, 0.1) is 0 Å². The molecule has 6 N–H and O–H groups in total. The molecule has 4 unspecified atom stereocenters. The van der Waals surface area contributed by atoms with E-state index in [0.717, 1.165) is 0 Å². The molecule has 6 atom stereocenters. The molecule has 3 aromatic rings. The van der Waals surface area contributed by atoms with Crippen molar-refractivity contribution >= 4 is 35.7 Å². The number of rotatable bonds is 7. The van der Waals surface area contributed by atoms with E-state index in [9.17, 15) is 39.6 Å². The third kappa shape index (κ3) is 5.82. The van der Waals surface area contributed by atoms with Gasteiger partial charge in [-0.25, -0.2) is 4.79 Å². The van der Waals surface area contributed by atoms with E-state index in [4.69, 9.17) is 24.7 Å². The van der Waals surface area contributed by atoms with Gasteiger partial charge in [0.05, 0.1) is 47.7 Å². The molecule has 2 aliphatic carbocycles. The molecule has 1 saturated heterocycles.